The molecule has 0 atom stereocenters. The maximum absolute atomic E-state index is 6.07. The van der Waals surface area contributed by atoms with Crippen LogP contribution < -0.4 is 11.1 Å². The fraction of sp³-hybridized carbons (Fsp3) is 0.0909. The molecule has 4 nitrogen and oxygen atoms in total. The summed E-state index contributed by atoms with van der Waals surface area (Å²) in [5, 5.41) is 5.30. The van der Waals surface area contributed by atoms with Gasteiger partial charge in [0.1, 0.15) is 5.52 Å². The molecule has 86 valence electrons. The van der Waals surface area contributed by atoms with Crippen LogP contribution in [0.2, 0.25) is 0 Å². The molecule has 6 heteroatoms. The number of benzene rings is 1. The fourth-order valence-corrected chi connectivity index (χ4v) is 2.87. The van der Waals surface area contributed by atoms with Gasteiger partial charge in [-0.3, -0.25) is 0 Å². The van der Waals surface area contributed by atoms with Crippen molar-refractivity contribution in [3.8, 4) is 0 Å². The number of aromatic nitrogens is 2. The second-order valence-electron chi connectivity index (χ2n) is 3.56. The van der Waals surface area contributed by atoms with E-state index < -0.39 is 0 Å². The molecule has 0 spiro atoms. The molecule has 1 aromatic carbocycles. The lowest BCUT2D eigenvalue weighted by Gasteiger charge is -2.08. The lowest BCUT2D eigenvalue weighted by molar-refractivity contribution is 1.08. The van der Waals surface area contributed by atoms with Crippen LogP contribution >= 0.6 is 22.7 Å². The fourth-order valence-electron chi connectivity index (χ4n) is 1.62. The Hall–Kier alpha value is -1.66. The van der Waals surface area contributed by atoms with E-state index >= 15 is 0 Å². The molecule has 2 heterocycles. The molecular weight excluding hydrogens is 252 g/mol. The van der Waals surface area contributed by atoms with E-state index in [0.29, 0.717) is 12.2 Å². The summed E-state index contributed by atoms with van der Waals surface area (Å²) in [4.78, 5) is 8.48. The van der Waals surface area contributed by atoms with Gasteiger partial charge in [0, 0.05) is 5.38 Å². The molecule has 0 aliphatic carbocycles. The Kier molecular flexibility index (Phi) is 2.66. The van der Waals surface area contributed by atoms with Crippen molar-refractivity contribution in [2.45, 2.75) is 6.54 Å². The predicted octanol–water partition coefficient (Wildman–Crippen LogP) is 2.95. The quantitative estimate of drug-likeness (QED) is 0.712. The Morgan fingerprint density at radius 2 is 2.18 bits per heavy atom. The minimum atomic E-state index is 0.684. The van der Waals surface area contributed by atoms with E-state index in [-0.39, 0.29) is 0 Å². The molecule has 3 aromatic rings. The van der Waals surface area contributed by atoms with Gasteiger partial charge in [-0.2, -0.15) is 0 Å². The summed E-state index contributed by atoms with van der Waals surface area (Å²) in [5.41, 5.74) is 13.2. The number of hydrogen-bond acceptors (Lipinski definition) is 6. The van der Waals surface area contributed by atoms with Gasteiger partial charge in [-0.25, -0.2) is 9.97 Å². The van der Waals surface area contributed by atoms with Crippen molar-refractivity contribution in [2.75, 3.05) is 11.1 Å². The SMILES string of the molecule is Nc1c(NCc2cscn2)ccc2scnc12. The normalized spacial score (nSPS) is 10.8. The number of rotatable bonds is 3. The molecule has 0 aliphatic heterocycles. The first-order valence-electron chi connectivity index (χ1n) is 5.07. The lowest BCUT2D eigenvalue weighted by Crippen LogP contribution is -2.02. The third-order valence-electron chi connectivity index (χ3n) is 2.48. The van der Waals surface area contributed by atoms with Gasteiger partial charge in [-0.05, 0) is 12.1 Å². The summed E-state index contributed by atoms with van der Waals surface area (Å²) >= 11 is 3.19. The van der Waals surface area contributed by atoms with Crippen LogP contribution in [0.1, 0.15) is 5.69 Å². The van der Waals surface area contributed by atoms with Gasteiger partial charge >= 0.3 is 0 Å². The Bertz CT molecular complexity index is 630. The van der Waals surface area contributed by atoms with E-state index in [9.17, 15) is 0 Å². The number of hydrogen-bond donors (Lipinski definition) is 2. The average Bonchev–Trinajstić information content (AvgIpc) is 2.99. The van der Waals surface area contributed by atoms with Crippen molar-refractivity contribution < 1.29 is 0 Å². The maximum Gasteiger partial charge on any atom is 0.106 e. The first-order valence-corrected chi connectivity index (χ1v) is 6.89. The molecule has 0 radical (unpaired) electrons. The van der Waals surface area contributed by atoms with Crippen molar-refractivity contribution in [1.29, 1.82) is 0 Å². The third kappa shape index (κ3) is 1.96. The lowest BCUT2D eigenvalue weighted by atomic mass is 10.2. The van der Waals surface area contributed by atoms with Gasteiger partial charge in [-0.1, -0.05) is 0 Å². The van der Waals surface area contributed by atoms with E-state index in [2.05, 4.69) is 15.3 Å². The van der Waals surface area contributed by atoms with E-state index in [0.717, 1.165) is 21.6 Å². The van der Waals surface area contributed by atoms with Gasteiger partial charge in [0.15, 0.2) is 0 Å². The number of thiazole rings is 2. The molecule has 0 saturated carbocycles. The second-order valence-corrected chi connectivity index (χ2v) is 5.16. The molecule has 0 bridgehead atoms. The van der Waals surface area contributed by atoms with Crippen LogP contribution in [0.4, 0.5) is 11.4 Å². The highest BCUT2D eigenvalue weighted by atomic mass is 32.1. The van der Waals surface area contributed by atoms with E-state index in [1.165, 1.54) is 0 Å². The molecule has 3 N–H and O–H groups in total. The standard InChI is InChI=1S/C11H10N4S2/c12-10-8(13-3-7-4-16-5-14-7)1-2-9-11(10)15-6-17-9/h1-2,4-6,13H,3,12H2. The van der Waals surface area contributed by atoms with Crippen LogP contribution in [0.25, 0.3) is 10.2 Å². The first kappa shape index (κ1) is 10.5. The van der Waals surface area contributed by atoms with Crippen LogP contribution in [-0.4, -0.2) is 9.97 Å². The van der Waals surface area contributed by atoms with Crippen molar-refractivity contribution in [2.24, 2.45) is 0 Å². The highest BCUT2D eigenvalue weighted by molar-refractivity contribution is 7.16. The van der Waals surface area contributed by atoms with Crippen LogP contribution in [-0.2, 0) is 6.54 Å². The Balaban J connectivity index is 1.87. The highest BCUT2D eigenvalue weighted by Gasteiger charge is 2.06. The molecular formula is C11H10N4S2. The van der Waals surface area contributed by atoms with Crippen molar-refractivity contribution in [3.63, 3.8) is 0 Å². The zero-order valence-electron chi connectivity index (χ0n) is 8.88. The summed E-state index contributed by atoms with van der Waals surface area (Å²) < 4.78 is 1.11. The van der Waals surface area contributed by atoms with Crippen LogP contribution in [0.3, 0.4) is 0 Å². The Labute approximate surface area is 106 Å². The summed E-state index contributed by atoms with van der Waals surface area (Å²) in [6, 6.07) is 4.02. The Morgan fingerprint density at radius 1 is 1.24 bits per heavy atom. The van der Waals surface area contributed by atoms with Crippen LogP contribution in [0.15, 0.2) is 28.5 Å². The summed E-state index contributed by atoms with van der Waals surface area (Å²) in [5.74, 6) is 0. The molecule has 2 aromatic heterocycles. The van der Waals surface area contributed by atoms with E-state index in [4.69, 9.17) is 5.73 Å². The third-order valence-corrected chi connectivity index (χ3v) is 3.91. The van der Waals surface area contributed by atoms with E-state index in [1.54, 1.807) is 22.7 Å². The van der Waals surface area contributed by atoms with Gasteiger partial charge < -0.3 is 11.1 Å². The predicted molar refractivity (Wildman–Crippen MR) is 73.5 cm³/mol. The molecule has 0 saturated heterocycles. The van der Waals surface area contributed by atoms with Crippen molar-refractivity contribution in [1.82, 2.24) is 9.97 Å². The molecule has 3 rings (SSSR count). The monoisotopic (exact) mass is 262 g/mol. The summed E-state index contributed by atoms with van der Waals surface area (Å²) in [6.07, 6.45) is 0. The molecule has 0 unspecified atom stereocenters. The minimum Gasteiger partial charge on any atom is -0.395 e. The maximum atomic E-state index is 6.07. The second kappa shape index (κ2) is 4.31. The number of nitrogens with zero attached hydrogens (tertiary/aromatic N) is 2. The highest BCUT2D eigenvalue weighted by Crippen LogP contribution is 2.30. The largest absolute Gasteiger partial charge is 0.395 e. The van der Waals surface area contributed by atoms with Crippen molar-refractivity contribution >= 4 is 44.3 Å². The number of nitrogens with two attached hydrogens (primary N) is 1. The van der Waals surface area contributed by atoms with Gasteiger partial charge in [0.2, 0.25) is 0 Å². The number of nitrogens with one attached hydrogen (secondary N) is 1. The molecule has 17 heavy (non-hydrogen) atoms. The molecule has 0 amide bonds. The topological polar surface area (TPSA) is 63.8 Å². The van der Waals surface area contributed by atoms with Crippen LogP contribution in [0.5, 0.6) is 0 Å². The number of anilines is 2. The smallest absolute Gasteiger partial charge is 0.106 e. The Morgan fingerprint density at radius 3 is 3.00 bits per heavy atom. The molecule has 0 aliphatic rings. The zero-order chi connectivity index (χ0) is 11.7. The number of nitrogen functional groups attached to an aromatic ring is 1. The average molecular weight is 262 g/mol. The van der Waals surface area contributed by atoms with Gasteiger partial charge in [0.25, 0.3) is 0 Å². The molecule has 0 fully saturated rings. The minimum absolute atomic E-state index is 0.684. The van der Waals surface area contributed by atoms with Gasteiger partial charge in [0.05, 0.1) is 39.3 Å². The van der Waals surface area contributed by atoms with E-state index in [1.807, 2.05) is 28.5 Å². The summed E-state index contributed by atoms with van der Waals surface area (Å²) in [6.45, 7) is 0.684. The first-order chi connectivity index (χ1) is 8.34. The van der Waals surface area contributed by atoms with Crippen molar-refractivity contribution in [3.05, 3.63) is 34.2 Å². The zero-order valence-corrected chi connectivity index (χ0v) is 10.5. The van der Waals surface area contributed by atoms with Gasteiger partial charge in [-0.15, -0.1) is 22.7 Å². The summed E-state index contributed by atoms with van der Waals surface area (Å²) in [7, 11) is 0. The number of fused-ring (bicyclic) bond motifs is 1. The van der Waals surface area contributed by atoms with Crippen LogP contribution in [0, 0.1) is 0 Å².